The Morgan fingerprint density at radius 3 is 2.60 bits per heavy atom. The Morgan fingerprint density at radius 1 is 1.40 bits per heavy atom. The lowest BCUT2D eigenvalue weighted by molar-refractivity contribution is 0.374. The van der Waals surface area contributed by atoms with Crippen LogP contribution in [0, 0.1) is 5.41 Å². The molecular formula is C12H16ClN3O3S. The maximum absolute atomic E-state index is 12.3. The third-order valence-electron chi connectivity index (χ3n) is 2.99. The van der Waals surface area contributed by atoms with Gasteiger partial charge in [0.2, 0.25) is 10.0 Å². The molecule has 3 N–H and O–H groups in total. The van der Waals surface area contributed by atoms with Crippen LogP contribution in [0.25, 0.3) is 0 Å². The Kier molecular flexibility index (Phi) is 4.52. The van der Waals surface area contributed by atoms with Gasteiger partial charge in [0.1, 0.15) is 18.2 Å². The molecular weight excluding hydrogens is 302 g/mol. The van der Waals surface area contributed by atoms with Gasteiger partial charge in [0.05, 0.1) is 9.92 Å². The van der Waals surface area contributed by atoms with Crippen LogP contribution in [0.15, 0.2) is 23.1 Å². The molecule has 8 heteroatoms. The van der Waals surface area contributed by atoms with Crippen molar-refractivity contribution in [3.05, 3.63) is 23.2 Å². The van der Waals surface area contributed by atoms with Crippen molar-refractivity contribution in [3.63, 3.8) is 0 Å². The third kappa shape index (κ3) is 3.23. The molecule has 0 amide bonds. The van der Waals surface area contributed by atoms with Gasteiger partial charge in [-0.05, 0) is 31.0 Å². The van der Waals surface area contributed by atoms with E-state index in [1.54, 1.807) is 0 Å². The Balaban J connectivity index is 2.22. The number of halogens is 1. The Bertz CT molecular complexity index is 612. The van der Waals surface area contributed by atoms with Crippen molar-refractivity contribution in [3.8, 4) is 5.75 Å². The number of nitrogens with zero attached hydrogens (tertiary/aromatic N) is 1. The molecule has 0 spiro atoms. The van der Waals surface area contributed by atoms with Crippen LogP contribution in [-0.2, 0) is 10.0 Å². The summed E-state index contributed by atoms with van der Waals surface area (Å²) in [5, 5.41) is 7.26. The number of benzene rings is 1. The maximum Gasteiger partial charge on any atom is 0.243 e. The number of sulfonamides is 1. The van der Waals surface area contributed by atoms with Crippen LogP contribution in [-0.4, -0.2) is 38.3 Å². The molecule has 1 aromatic rings. The first-order chi connectivity index (χ1) is 9.41. The lowest BCUT2D eigenvalue weighted by Gasteiger charge is -2.16. The summed E-state index contributed by atoms with van der Waals surface area (Å²) in [7, 11) is -3.48. The van der Waals surface area contributed by atoms with Gasteiger partial charge in [-0.3, -0.25) is 5.41 Å². The predicted molar refractivity (Wildman–Crippen MR) is 76.9 cm³/mol. The molecule has 0 aliphatic carbocycles. The molecule has 2 rings (SSSR count). The highest BCUT2D eigenvalue weighted by Gasteiger charge is 2.27. The highest BCUT2D eigenvalue weighted by Crippen LogP contribution is 2.29. The van der Waals surface area contributed by atoms with Gasteiger partial charge in [-0.1, -0.05) is 11.6 Å². The molecule has 20 heavy (non-hydrogen) atoms. The van der Waals surface area contributed by atoms with E-state index in [9.17, 15) is 8.42 Å². The fraction of sp³-hybridized carbons (Fsp3) is 0.417. The molecule has 1 heterocycles. The standard InChI is InChI=1S/C12H16ClN3O3S/c13-10-7-9(3-4-11(10)19-8-12(14)15)20(17,18)16-5-1-2-6-16/h3-4,7H,1-2,5-6,8H2,(H3,14,15). The average molecular weight is 318 g/mol. The number of amidine groups is 1. The zero-order valence-corrected chi connectivity index (χ0v) is 12.4. The SMILES string of the molecule is N=C(N)COc1ccc(S(=O)(=O)N2CCCC2)cc1Cl. The van der Waals surface area contributed by atoms with Crippen LogP contribution >= 0.6 is 11.6 Å². The number of hydrogen-bond donors (Lipinski definition) is 2. The van der Waals surface area contributed by atoms with Gasteiger partial charge >= 0.3 is 0 Å². The van der Waals surface area contributed by atoms with Crippen LogP contribution < -0.4 is 10.5 Å². The van der Waals surface area contributed by atoms with Crippen LogP contribution in [0.5, 0.6) is 5.75 Å². The monoisotopic (exact) mass is 317 g/mol. The Labute approximate surface area is 123 Å². The van der Waals surface area contributed by atoms with Crippen molar-refractivity contribution in [1.29, 1.82) is 5.41 Å². The topological polar surface area (TPSA) is 96.5 Å². The predicted octanol–water partition coefficient (Wildman–Crippen LogP) is 1.44. The molecule has 1 aliphatic heterocycles. The molecule has 1 aliphatic rings. The molecule has 1 aromatic carbocycles. The van der Waals surface area contributed by atoms with E-state index in [0.29, 0.717) is 18.8 Å². The summed E-state index contributed by atoms with van der Waals surface area (Å²) >= 11 is 6.01. The second-order valence-corrected chi connectivity index (χ2v) is 6.86. The van der Waals surface area contributed by atoms with Crippen LogP contribution in [0.1, 0.15) is 12.8 Å². The van der Waals surface area contributed by atoms with Gasteiger partial charge < -0.3 is 10.5 Å². The van der Waals surface area contributed by atoms with E-state index >= 15 is 0 Å². The van der Waals surface area contributed by atoms with E-state index in [-0.39, 0.29) is 22.4 Å². The second kappa shape index (κ2) is 5.99. The minimum Gasteiger partial charge on any atom is -0.484 e. The Morgan fingerprint density at radius 2 is 2.05 bits per heavy atom. The summed E-state index contributed by atoms with van der Waals surface area (Å²) in [6.07, 6.45) is 1.76. The van der Waals surface area contributed by atoms with Crippen molar-refractivity contribution in [2.24, 2.45) is 5.73 Å². The molecule has 0 unspecified atom stereocenters. The van der Waals surface area contributed by atoms with E-state index in [0.717, 1.165) is 12.8 Å². The first kappa shape index (κ1) is 15.1. The summed E-state index contributed by atoms with van der Waals surface area (Å²) in [4.78, 5) is 0.152. The zero-order chi connectivity index (χ0) is 14.8. The number of hydrogen-bond acceptors (Lipinski definition) is 4. The summed E-state index contributed by atoms with van der Waals surface area (Å²) < 4.78 is 31.3. The minimum absolute atomic E-state index is 0.0854. The van der Waals surface area contributed by atoms with Gasteiger partial charge in [0.25, 0.3) is 0 Å². The number of rotatable bonds is 5. The van der Waals surface area contributed by atoms with Crippen molar-refractivity contribution in [2.45, 2.75) is 17.7 Å². The molecule has 6 nitrogen and oxygen atoms in total. The first-order valence-electron chi connectivity index (χ1n) is 6.16. The molecule has 0 atom stereocenters. The molecule has 0 aromatic heterocycles. The van der Waals surface area contributed by atoms with E-state index in [1.807, 2.05) is 0 Å². The van der Waals surface area contributed by atoms with Crippen molar-refractivity contribution in [1.82, 2.24) is 4.31 Å². The van der Waals surface area contributed by atoms with Crippen molar-refractivity contribution < 1.29 is 13.2 Å². The summed E-state index contributed by atoms with van der Waals surface area (Å²) in [5.41, 5.74) is 5.18. The minimum atomic E-state index is -3.48. The lowest BCUT2D eigenvalue weighted by atomic mass is 10.3. The summed E-state index contributed by atoms with van der Waals surface area (Å²) in [5.74, 6) is 0.178. The van der Waals surface area contributed by atoms with Crippen LogP contribution in [0.3, 0.4) is 0 Å². The number of ether oxygens (including phenoxy) is 1. The van der Waals surface area contributed by atoms with E-state index in [1.165, 1.54) is 22.5 Å². The maximum atomic E-state index is 12.3. The summed E-state index contributed by atoms with van der Waals surface area (Å²) in [6, 6.07) is 4.30. The molecule has 0 radical (unpaired) electrons. The van der Waals surface area contributed by atoms with E-state index < -0.39 is 10.0 Å². The van der Waals surface area contributed by atoms with Gasteiger partial charge in [0.15, 0.2) is 0 Å². The van der Waals surface area contributed by atoms with Crippen LogP contribution in [0.2, 0.25) is 5.02 Å². The quantitative estimate of drug-likeness (QED) is 0.634. The number of nitrogens with one attached hydrogen (secondary N) is 1. The summed E-state index contributed by atoms with van der Waals surface area (Å²) in [6.45, 7) is 1.00. The van der Waals surface area contributed by atoms with Gasteiger partial charge in [-0.25, -0.2) is 8.42 Å². The molecule has 1 fully saturated rings. The molecule has 0 saturated carbocycles. The highest BCUT2D eigenvalue weighted by atomic mass is 35.5. The first-order valence-corrected chi connectivity index (χ1v) is 7.98. The molecule has 110 valence electrons. The van der Waals surface area contributed by atoms with Gasteiger partial charge in [-0.15, -0.1) is 0 Å². The fourth-order valence-electron chi connectivity index (χ4n) is 1.99. The fourth-order valence-corrected chi connectivity index (χ4v) is 3.84. The van der Waals surface area contributed by atoms with Crippen molar-refractivity contribution >= 4 is 27.5 Å². The normalized spacial score (nSPS) is 16.2. The van der Waals surface area contributed by atoms with Gasteiger partial charge in [-0.2, -0.15) is 4.31 Å². The molecule has 1 saturated heterocycles. The number of nitrogens with two attached hydrogens (primary N) is 1. The zero-order valence-electron chi connectivity index (χ0n) is 10.8. The second-order valence-electron chi connectivity index (χ2n) is 4.52. The molecule has 0 bridgehead atoms. The highest BCUT2D eigenvalue weighted by molar-refractivity contribution is 7.89. The Hall–Kier alpha value is -1.31. The van der Waals surface area contributed by atoms with E-state index in [4.69, 9.17) is 27.5 Å². The average Bonchev–Trinajstić information content (AvgIpc) is 2.91. The van der Waals surface area contributed by atoms with Crippen LogP contribution in [0.4, 0.5) is 0 Å². The third-order valence-corrected chi connectivity index (χ3v) is 5.18. The van der Waals surface area contributed by atoms with E-state index in [2.05, 4.69) is 0 Å². The largest absolute Gasteiger partial charge is 0.484 e. The smallest absolute Gasteiger partial charge is 0.243 e. The van der Waals surface area contributed by atoms with Gasteiger partial charge in [0, 0.05) is 13.1 Å². The lowest BCUT2D eigenvalue weighted by Crippen LogP contribution is -2.27. The van der Waals surface area contributed by atoms with Crippen molar-refractivity contribution in [2.75, 3.05) is 19.7 Å².